The molecular formula is C18H32N2O2Si2. The molecule has 0 N–H and O–H groups in total. The highest BCUT2D eigenvalue weighted by atomic mass is 28.4. The molecule has 1 aromatic heterocycles. The van der Waals surface area contributed by atoms with Crippen molar-refractivity contribution in [2.45, 2.75) is 65.3 Å². The van der Waals surface area contributed by atoms with E-state index in [1.165, 1.54) is 0 Å². The van der Waals surface area contributed by atoms with E-state index in [1.807, 2.05) is 26.0 Å². The first-order chi connectivity index (χ1) is 11.1. The molecule has 24 heavy (non-hydrogen) atoms. The summed E-state index contributed by atoms with van der Waals surface area (Å²) in [5.74, 6) is 1.26. The van der Waals surface area contributed by atoms with Gasteiger partial charge in [0.25, 0.3) is 0 Å². The van der Waals surface area contributed by atoms with Crippen LogP contribution < -0.4 is 0 Å². The molecule has 0 aliphatic carbocycles. The van der Waals surface area contributed by atoms with E-state index in [0.717, 1.165) is 24.7 Å². The van der Waals surface area contributed by atoms with Gasteiger partial charge in [-0.3, -0.25) is 4.79 Å². The van der Waals surface area contributed by atoms with Crippen molar-refractivity contribution >= 4 is 28.5 Å². The van der Waals surface area contributed by atoms with E-state index in [9.17, 15) is 4.79 Å². The Morgan fingerprint density at radius 2 is 1.79 bits per heavy atom. The first-order valence-electron chi connectivity index (χ1n) is 8.80. The molecule has 0 saturated carbocycles. The minimum Gasteiger partial charge on any atom is -0.453 e. The first-order valence-corrected chi connectivity index (χ1v) is 14.9. The number of Topliss-reactive ketones (excluding diaryl/α,β-unsaturated/α-hetero) is 1. The molecule has 6 heteroatoms. The second-order valence-corrected chi connectivity index (χ2v) is 16.1. The van der Waals surface area contributed by atoms with Crippen molar-refractivity contribution in [1.29, 1.82) is 0 Å². The van der Waals surface area contributed by atoms with Gasteiger partial charge in [-0.25, -0.2) is 9.97 Å². The van der Waals surface area contributed by atoms with Crippen LogP contribution >= 0.6 is 0 Å². The van der Waals surface area contributed by atoms with Crippen LogP contribution in [0.5, 0.6) is 0 Å². The molecule has 134 valence electrons. The van der Waals surface area contributed by atoms with E-state index in [1.54, 1.807) is 12.4 Å². The third-order valence-corrected chi connectivity index (χ3v) is 10.7. The molecule has 0 aliphatic rings. The molecule has 0 aromatic carbocycles. The van der Waals surface area contributed by atoms with Gasteiger partial charge in [0.1, 0.15) is 5.78 Å². The number of unbranched alkanes of at least 4 members (excludes halogenated alkanes) is 1. The molecule has 0 atom stereocenters. The van der Waals surface area contributed by atoms with Gasteiger partial charge < -0.3 is 4.12 Å². The number of carbonyl (C=O) groups is 1. The minimum atomic E-state index is -1.89. The quantitative estimate of drug-likeness (QED) is 0.440. The Morgan fingerprint density at radius 3 is 2.38 bits per heavy atom. The van der Waals surface area contributed by atoms with Gasteiger partial charge >= 0.3 is 0 Å². The maximum absolute atomic E-state index is 11.7. The van der Waals surface area contributed by atoms with Gasteiger partial charge in [0.2, 0.25) is 0 Å². The van der Waals surface area contributed by atoms with Crippen LogP contribution in [0.2, 0.25) is 32.2 Å². The van der Waals surface area contributed by atoms with Crippen molar-refractivity contribution < 1.29 is 8.91 Å². The lowest BCUT2D eigenvalue weighted by Gasteiger charge is -2.32. The number of hydrogen-bond acceptors (Lipinski definition) is 4. The molecule has 0 amide bonds. The molecular weight excluding hydrogens is 332 g/mol. The van der Waals surface area contributed by atoms with Crippen LogP contribution in [0.15, 0.2) is 24.2 Å². The zero-order valence-corrected chi connectivity index (χ0v) is 18.0. The van der Waals surface area contributed by atoms with E-state index < -0.39 is 16.6 Å². The van der Waals surface area contributed by atoms with Gasteiger partial charge in [-0.05, 0) is 50.8 Å². The monoisotopic (exact) mass is 364 g/mol. The molecule has 0 radical (unpaired) electrons. The summed E-state index contributed by atoms with van der Waals surface area (Å²) in [6.07, 6.45) is 8.23. The Morgan fingerprint density at radius 1 is 1.17 bits per heavy atom. The zero-order chi connectivity index (χ0) is 18.2. The normalized spacial score (nSPS) is 13.0. The first kappa shape index (κ1) is 20.9. The third-order valence-electron chi connectivity index (χ3n) is 3.85. The maximum Gasteiger partial charge on any atom is 0.198 e. The molecule has 0 saturated heterocycles. The van der Waals surface area contributed by atoms with Crippen molar-refractivity contribution in [3.63, 3.8) is 0 Å². The molecule has 4 nitrogen and oxygen atoms in total. The summed E-state index contributed by atoms with van der Waals surface area (Å²) in [4.78, 5) is 20.1. The maximum atomic E-state index is 11.7. The Kier molecular flexibility index (Phi) is 8.19. The van der Waals surface area contributed by atoms with E-state index >= 15 is 0 Å². The second-order valence-electron chi connectivity index (χ2n) is 7.73. The molecule has 1 heterocycles. The molecule has 0 unspecified atom stereocenters. The van der Waals surface area contributed by atoms with Crippen LogP contribution in [0.1, 0.15) is 38.9 Å². The fraction of sp³-hybridized carbons (Fsp3) is 0.611. The summed E-state index contributed by atoms with van der Waals surface area (Å²) >= 11 is 0. The predicted molar refractivity (Wildman–Crippen MR) is 106 cm³/mol. The summed E-state index contributed by atoms with van der Waals surface area (Å²) in [6, 6.07) is 2.92. The molecule has 0 spiro atoms. The zero-order valence-electron chi connectivity index (χ0n) is 16.0. The number of rotatable bonds is 10. The fourth-order valence-electron chi connectivity index (χ4n) is 2.61. The van der Waals surface area contributed by atoms with Crippen LogP contribution in [0.4, 0.5) is 0 Å². The average Bonchev–Trinajstić information content (AvgIpc) is 2.49. The Labute approximate surface area is 149 Å². The van der Waals surface area contributed by atoms with Crippen LogP contribution in [0, 0.1) is 5.92 Å². The SMILES string of the molecule is CC(C)C(=O)CCCC[Si](C)(C)O[Si](C)(C)/C=C/c1ncccn1. The fourth-order valence-corrected chi connectivity index (χ4v) is 10.6. The third kappa shape index (κ3) is 8.66. The minimum absolute atomic E-state index is 0.156. The van der Waals surface area contributed by atoms with Gasteiger partial charge in [-0.1, -0.05) is 26.0 Å². The lowest BCUT2D eigenvalue weighted by molar-refractivity contribution is -0.122. The summed E-state index contributed by atoms with van der Waals surface area (Å²) in [7, 11) is -3.60. The van der Waals surface area contributed by atoms with Crippen LogP contribution in [-0.4, -0.2) is 32.4 Å². The highest BCUT2D eigenvalue weighted by molar-refractivity contribution is 6.87. The van der Waals surface area contributed by atoms with Crippen molar-refractivity contribution in [3.05, 3.63) is 30.0 Å². The van der Waals surface area contributed by atoms with Gasteiger partial charge in [-0.15, -0.1) is 0 Å². The summed E-state index contributed by atoms with van der Waals surface area (Å²) in [5.41, 5.74) is 2.17. The molecule has 0 fully saturated rings. The topological polar surface area (TPSA) is 52.1 Å². The van der Waals surface area contributed by atoms with E-state index in [0.29, 0.717) is 12.2 Å². The number of ketones is 1. The predicted octanol–water partition coefficient (Wildman–Crippen LogP) is 4.85. The Hall–Kier alpha value is -1.12. The molecule has 1 rings (SSSR count). The lowest BCUT2D eigenvalue weighted by atomic mass is 10.0. The molecule has 0 aliphatic heterocycles. The second kappa shape index (κ2) is 9.39. The van der Waals surface area contributed by atoms with E-state index in [4.69, 9.17) is 4.12 Å². The molecule has 1 aromatic rings. The van der Waals surface area contributed by atoms with Crippen molar-refractivity contribution in [2.75, 3.05) is 0 Å². The smallest absolute Gasteiger partial charge is 0.198 e. The largest absolute Gasteiger partial charge is 0.453 e. The van der Waals surface area contributed by atoms with Crippen LogP contribution in [-0.2, 0) is 8.91 Å². The Balaban J connectivity index is 2.46. The number of aromatic nitrogens is 2. The van der Waals surface area contributed by atoms with Crippen molar-refractivity contribution in [1.82, 2.24) is 9.97 Å². The summed E-state index contributed by atoms with van der Waals surface area (Å²) in [6.45, 7) is 12.9. The Bertz CT molecular complexity index is 543. The van der Waals surface area contributed by atoms with Gasteiger partial charge in [0.05, 0.1) is 0 Å². The average molecular weight is 365 g/mol. The highest BCUT2D eigenvalue weighted by Crippen LogP contribution is 2.22. The lowest BCUT2D eigenvalue weighted by Crippen LogP contribution is -2.43. The summed E-state index contributed by atoms with van der Waals surface area (Å²) < 4.78 is 6.55. The van der Waals surface area contributed by atoms with Crippen molar-refractivity contribution in [2.24, 2.45) is 5.92 Å². The number of hydrogen-bond donors (Lipinski definition) is 0. The molecule has 0 bridgehead atoms. The summed E-state index contributed by atoms with van der Waals surface area (Å²) in [5, 5.41) is 0. The standard InChI is InChI=1S/C18H32N2O2Si2/c1-16(2)17(21)10-7-8-14-23(3,4)22-24(5,6)15-11-18-19-12-9-13-20-18/h9,11-13,15-16H,7-8,10,14H2,1-6H3/b15-11+. The van der Waals surface area contributed by atoms with Gasteiger partial charge in [0.15, 0.2) is 22.5 Å². The van der Waals surface area contributed by atoms with E-state index in [2.05, 4.69) is 41.9 Å². The van der Waals surface area contributed by atoms with Crippen molar-refractivity contribution in [3.8, 4) is 0 Å². The number of carbonyl (C=O) groups excluding carboxylic acids is 1. The van der Waals surface area contributed by atoms with E-state index in [-0.39, 0.29) is 5.92 Å². The van der Waals surface area contributed by atoms with Crippen LogP contribution in [0.25, 0.3) is 6.08 Å². The van der Waals surface area contributed by atoms with Gasteiger partial charge in [0, 0.05) is 24.7 Å². The van der Waals surface area contributed by atoms with Crippen LogP contribution in [0.3, 0.4) is 0 Å². The highest BCUT2D eigenvalue weighted by Gasteiger charge is 2.30. The van der Waals surface area contributed by atoms with Gasteiger partial charge in [-0.2, -0.15) is 0 Å². The number of nitrogens with zero attached hydrogens (tertiary/aromatic N) is 2.